The van der Waals surface area contributed by atoms with Crippen LogP contribution >= 0.6 is 0 Å². The van der Waals surface area contributed by atoms with Crippen molar-refractivity contribution in [2.45, 2.75) is 111 Å². The van der Waals surface area contributed by atoms with Gasteiger partial charge in [-0.1, -0.05) is 105 Å². The molecule has 0 aromatic rings. The van der Waals surface area contributed by atoms with Crippen molar-refractivity contribution in [3.63, 3.8) is 0 Å². The molecule has 3 heteroatoms. The zero-order valence-electron chi connectivity index (χ0n) is 15.7. The quantitative estimate of drug-likeness (QED) is 0.295. The predicted octanol–water partition coefficient (Wildman–Crippen LogP) is 5.82. The van der Waals surface area contributed by atoms with Crippen LogP contribution in [0.1, 0.15) is 105 Å². The Bertz CT molecular complexity index is 233. The number of unbranched alkanes of at least 4 members (excludes halogenated alkanes) is 7. The molecule has 2 N–H and O–H groups in total. The summed E-state index contributed by atoms with van der Waals surface area (Å²) in [7, 11) is -1.14. The third-order valence-electron chi connectivity index (χ3n) is 5.29. The van der Waals surface area contributed by atoms with Crippen molar-refractivity contribution in [3.05, 3.63) is 0 Å². The molecule has 2 nitrogen and oxygen atoms in total. The van der Waals surface area contributed by atoms with Crippen LogP contribution in [0.3, 0.4) is 0 Å². The van der Waals surface area contributed by atoms with Crippen molar-refractivity contribution >= 4 is 7.12 Å². The molecule has 0 spiro atoms. The van der Waals surface area contributed by atoms with Crippen molar-refractivity contribution < 1.29 is 10.0 Å². The Kier molecular flexibility index (Phi) is 14.6. The summed E-state index contributed by atoms with van der Waals surface area (Å²) in [6.07, 6.45) is 14.8. The smallest absolute Gasteiger partial charge is 0.427 e. The first-order chi connectivity index (χ1) is 10.6. The minimum atomic E-state index is -1.14. The zero-order chi connectivity index (χ0) is 16.8. The van der Waals surface area contributed by atoms with E-state index in [1.165, 1.54) is 57.8 Å². The van der Waals surface area contributed by atoms with E-state index < -0.39 is 7.12 Å². The maximum Gasteiger partial charge on any atom is 0.455 e. The van der Waals surface area contributed by atoms with Gasteiger partial charge in [0, 0.05) is 0 Å². The van der Waals surface area contributed by atoms with Crippen molar-refractivity contribution in [2.24, 2.45) is 11.8 Å². The fourth-order valence-corrected chi connectivity index (χ4v) is 3.79. The molecule has 0 saturated carbocycles. The van der Waals surface area contributed by atoms with E-state index in [-0.39, 0.29) is 5.82 Å². The van der Waals surface area contributed by atoms with Crippen LogP contribution in [0.15, 0.2) is 0 Å². The molecule has 3 unspecified atom stereocenters. The standard InChI is InChI=1S/C19H41BO2/c1-5-8-10-11-12-13-14-16-19(20(21)22)18(7-3)17(4)15-9-6-2/h17-19,21-22H,5-16H2,1-4H3. The summed E-state index contributed by atoms with van der Waals surface area (Å²) in [5.74, 6) is 1.11. The molecule has 132 valence electrons. The SMILES string of the molecule is CCCCCCCCCC(B(O)O)C(CC)C(C)CCCC. The van der Waals surface area contributed by atoms with E-state index in [1.54, 1.807) is 0 Å². The molecule has 0 bridgehead atoms. The van der Waals surface area contributed by atoms with E-state index in [0.717, 1.165) is 19.3 Å². The van der Waals surface area contributed by atoms with Crippen LogP contribution in [-0.4, -0.2) is 17.2 Å². The molecule has 0 aliphatic carbocycles. The highest BCUT2D eigenvalue weighted by molar-refractivity contribution is 6.43. The van der Waals surface area contributed by atoms with Crippen molar-refractivity contribution in [3.8, 4) is 0 Å². The Balaban J connectivity index is 4.15. The van der Waals surface area contributed by atoms with E-state index in [9.17, 15) is 10.0 Å². The monoisotopic (exact) mass is 312 g/mol. The van der Waals surface area contributed by atoms with E-state index in [1.807, 2.05) is 0 Å². The van der Waals surface area contributed by atoms with Crippen molar-refractivity contribution in [2.75, 3.05) is 0 Å². The second-order valence-electron chi connectivity index (χ2n) is 7.18. The molecule has 0 radical (unpaired) electrons. The molecule has 0 rings (SSSR count). The van der Waals surface area contributed by atoms with Gasteiger partial charge >= 0.3 is 7.12 Å². The summed E-state index contributed by atoms with van der Waals surface area (Å²) in [6, 6.07) is 0. The van der Waals surface area contributed by atoms with Crippen LogP contribution in [0, 0.1) is 11.8 Å². The normalized spacial score (nSPS) is 15.5. The first-order valence-electron chi connectivity index (χ1n) is 9.94. The van der Waals surface area contributed by atoms with Gasteiger partial charge < -0.3 is 10.0 Å². The van der Waals surface area contributed by atoms with Crippen LogP contribution in [0.5, 0.6) is 0 Å². The third-order valence-corrected chi connectivity index (χ3v) is 5.29. The molecule has 0 aliphatic rings. The molecule has 0 aromatic heterocycles. The van der Waals surface area contributed by atoms with Crippen LogP contribution in [0.25, 0.3) is 0 Å². The third kappa shape index (κ3) is 9.89. The van der Waals surface area contributed by atoms with Gasteiger partial charge in [-0.05, 0) is 17.7 Å². The minimum absolute atomic E-state index is 0.0625. The van der Waals surface area contributed by atoms with Gasteiger partial charge in [-0.25, -0.2) is 0 Å². The van der Waals surface area contributed by atoms with E-state index >= 15 is 0 Å². The van der Waals surface area contributed by atoms with Crippen LogP contribution < -0.4 is 0 Å². The highest BCUT2D eigenvalue weighted by atomic mass is 16.4. The zero-order valence-corrected chi connectivity index (χ0v) is 15.7. The maximum atomic E-state index is 9.82. The lowest BCUT2D eigenvalue weighted by Gasteiger charge is -2.31. The summed E-state index contributed by atoms with van der Waals surface area (Å²) in [5.41, 5.74) is 0. The number of rotatable bonds is 15. The molecule has 0 heterocycles. The van der Waals surface area contributed by atoms with Crippen LogP contribution in [0.4, 0.5) is 0 Å². The molecule has 0 saturated heterocycles. The molecule has 0 aliphatic heterocycles. The lowest BCUT2D eigenvalue weighted by molar-refractivity contribution is 0.252. The summed E-state index contributed by atoms with van der Waals surface area (Å²) >= 11 is 0. The summed E-state index contributed by atoms with van der Waals surface area (Å²) in [4.78, 5) is 0. The van der Waals surface area contributed by atoms with Gasteiger partial charge in [-0.2, -0.15) is 0 Å². The van der Waals surface area contributed by atoms with Gasteiger partial charge in [0.2, 0.25) is 0 Å². The highest BCUT2D eigenvalue weighted by Crippen LogP contribution is 2.36. The lowest BCUT2D eigenvalue weighted by atomic mass is 9.59. The van der Waals surface area contributed by atoms with E-state index in [4.69, 9.17) is 0 Å². The second-order valence-corrected chi connectivity index (χ2v) is 7.18. The maximum absolute atomic E-state index is 9.82. The lowest BCUT2D eigenvalue weighted by Crippen LogP contribution is -2.30. The predicted molar refractivity (Wildman–Crippen MR) is 99.0 cm³/mol. The fourth-order valence-electron chi connectivity index (χ4n) is 3.79. The molecule has 0 aromatic carbocycles. The second kappa shape index (κ2) is 14.6. The Morgan fingerprint density at radius 2 is 1.27 bits per heavy atom. The Labute approximate surface area is 140 Å². The first-order valence-corrected chi connectivity index (χ1v) is 9.94. The van der Waals surface area contributed by atoms with Crippen molar-refractivity contribution in [1.29, 1.82) is 0 Å². The number of hydrogen-bond donors (Lipinski definition) is 2. The topological polar surface area (TPSA) is 40.5 Å². The molecular weight excluding hydrogens is 271 g/mol. The Hall–Kier alpha value is -0.0151. The van der Waals surface area contributed by atoms with Crippen LogP contribution in [0.2, 0.25) is 5.82 Å². The fraction of sp³-hybridized carbons (Fsp3) is 1.00. The van der Waals surface area contributed by atoms with E-state index in [2.05, 4.69) is 27.7 Å². The largest absolute Gasteiger partial charge is 0.455 e. The minimum Gasteiger partial charge on any atom is -0.427 e. The van der Waals surface area contributed by atoms with E-state index in [0.29, 0.717) is 11.8 Å². The van der Waals surface area contributed by atoms with Crippen molar-refractivity contribution in [1.82, 2.24) is 0 Å². The van der Waals surface area contributed by atoms with Gasteiger partial charge in [0.05, 0.1) is 0 Å². The summed E-state index contributed by atoms with van der Waals surface area (Å²) in [5, 5.41) is 19.6. The Morgan fingerprint density at radius 3 is 1.77 bits per heavy atom. The molecule has 3 atom stereocenters. The van der Waals surface area contributed by atoms with Crippen LogP contribution in [-0.2, 0) is 0 Å². The molecular formula is C19H41BO2. The Morgan fingerprint density at radius 1 is 0.727 bits per heavy atom. The van der Waals surface area contributed by atoms with Gasteiger partial charge in [0.1, 0.15) is 0 Å². The van der Waals surface area contributed by atoms with Gasteiger partial charge in [0.15, 0.2) is 0 Å². The molecule has 22 heavy (non-hydrogen) atoms. The van der Waals surface area contributed by atoms with Gasteiger partial charge in [-0.3, -0.25) is 0 Å². The average Bonchev–Trinajstić information content (AvgIpc) is 2.50. The average molecular weight is 312 g/mol. The summed E-state index contributed by atoms with van der Waals surface area (Å²) in [6.45, 7) is 8.97. The number of hydrogen-bond acceptors (Lipinski definition) is 2. The van der Waals surface area contributed by atoms with Gasteiger partial charge in [0.25, 0.3) is 0 Å². The summed E-state index contributed by atoms with van der Waals surface area (Å²) < 4.78 is 0. The highest BCUT2D eigenvalue weighted by Gasteiger charge is 2.33. The molecule has 0 fully saturated rings. The molecule has 0 amide bonds. The first kappa shape index (κ1) is 22.0. The van der Waals surface area contributed by atoms with Gasteiger partial charge in [-0.15, -0.1) is 0 Å².